The van der Waals surface area contributed by atoms with Crippen molar-refractivity contribution in [2.75, 3.05) is 39.1 Å². The van der Waals surface area contributed by atoms with E-state index in [0.717, 1.165) is 13.0 Å². The summed E-state index contributed by atoms with van der Waals surface area (Å²) in [5, 5.41) is 13.5. The summed E-state index contributed by atoms with van der Waals surface area (Å²) in [4.78, 5) is 31.0. The Morgan fingerprint density at radius 2 is 1.40 bits per heavy atom. The van der Waals surface area contributed by atoms with E-state index in [2.05, 4.69) is 27.2 Å². The van der Waals surface area contributed by atoms with E-state index in [0.29, 0.717) is 24.1 Å². The van der Waals surface area contributed by atoms with E-state index in [4.69, 9.17) is 13.8 Å². The number of fused-ring (bicyclic) bond motifs is 1. The molecule has 43 heavy (non-hydrogen) atoms. The zero-order chi connectivity index (χ0) is 31.2. The molecule has 0 aliphatic heterocycles. The van der Waals surface area contributed by atoms with Crippen molar-refractivity contribution in [1.82, 2.24) is 20.3 Å². The van der Waals surface area contributed by atoms with Gasteiger partial charge in [-0.3, -0.25) is 14.3 Å². The van der Waals surface area contributed by atoms with Crippen LogP contribution in [-0.2, 0) is 24.9 Å². The van der Waals surface area contributed by atoms with Crippen LogP contribution in [0.1, 0.15) is 116 Å². The molecule has 2 aromatic heterocycles. The Kier molecular flexibility index (Phi) is 19.8. The molecule has 0 radical (unpaired) electrons. The lowest BCUT2D eigenvalue weighted by atomic mass is 10.0. The number of ether oxygens (including phenoxy) is 1. The predicted molar refractivity (Wildman–Crippen MR) is 173 cm³/mol. The number of aromatic amines is 3. The van der Waals surface area contributed by atoms with E-state index < -0.39 is 24.9 Å². The molecule has 0 aliphatic carbocycles. The van der Waals surface area contributed by atoms with Crippen LogP contribution < -0.4 is 16.6 Å². The van der Waals surface area contributed by atoms with Gasteiger partial charge in [-0.05, 0) is 19.8 Å². The molecule has 0 aliphatic rings. The van der Waals surface area contributed by atoms with Crippen molar-refractivity contribution in [3.05, 3.63) is 32.6 Å². The molecule has 2 heterocycles. The third kappa shape index (κ3) is 16.2. The SMILES string of the molecule is CCCCCCCCCCCCCCCCOCCCOP(=O)(C[C@@H](O)CNCc1c[nH]c2c(=O)[nH]c(=O)[nH]c12)OCC. The molecule has 2 rings (SSSR count). The lowest BCUT2D eigenvalue weighted by molar-refractivity contribution is 0.109. The van der Waals surface area contributed by atoms with E-state index in [9.17, 15) is 19.3 Å². The van der Waals surface area contributed by atoms with Crippen LogP contribution in [0.2, 0.25) is 0 Å². The molecule has 5 N–H and O–H groups in total. The van der Waals surface area contributed by atoms with Crippen molar-refractivity contribution >= 4 is 18.6 Å². The standard InChI is InChI=1S/C31H57N4O7P/c1-3-5-6-7-8-9-10-11-12-13-14-15-16-17-19-40-20-18-21-42-43(39,41-4-2)25-27(36)24-32-22-26-23-33-29-28(26)34-31(38)35-30(29)37/h23,27,32-33,36H,3-22,24-25H2,1-2H3,(H2,34,35,37,38)/t27-,43?/m0/s1. The largest absolute Gasteiger partial charge is 0.391 e. The second-order valence-corrected chi connectivity index (χ2v) is 13.5. The quantitative estimate of drug-likeness (QED) is 0.0556. The van der Waals surface area contributed by atoms with Gasteiger partial charge in [-0.2, -0.15) is 0 Å². The number of aliphatic hydroxyl groups is 1. The van der Waals surface area contributed by atoms with Gasteiger partial charge in [0, 0.05) is 38.1 Å². The number of hydrogen-bond donors (Lipinski definition) is 5. The maximum absolute atomic E-state index is 13.1. The van der Waals surface area contributed by atoms with Gasteiger partial charge in [-0.25, -0.2) is 4.79 Å². The minimum Gasteiger partial charge on any atom is -0.391 e. The average Bonchev–Trinajstić information content (AvgIpc) is 3.37. The van der Waals surface area contributed by atoms with Crippen molar-refractivity contribution in [2.45, 2.75) is 123 Å². The first-order valence-corrected chi connectivity index (χ1v) is 18.3. The van der Waals surface area contributed by atoms with Crippen molar-refractivity contribution in [3.8, 4) is 0 Å². The molecule has 0 spiro atoms. The molecule has 11 nitrogen and oxygen atoms in total. The monoisotopic (exact) mass is 628 g/mol. The van der Waals surface area contributed by atoms with Gasteiger partial charge in [-0.1, -0.05) is 90.4 Å². The van der Waals surface area contributed by atoms with E-state index in [-0.39, 0.29) is 38.0 Å². The second-order valence-electron chi connectivity index (χ2n) is 11.4. The lowest BCUT2D eigenvalue weighted by Crippen LogP contribution is -2.30. The van der Waals surface area contributed by atoms with Crippen LogP contribution in [0.5, 0.6) is 0 Å². The maximum Gasteiger partial charge on any atom is 0.333 e. The van der Waals surface area contributed by atoms with E-state index in [1.807, 2.05) is 0 Å². The Bertz CT molecular complexity index is 1150. The highest BCUT2D eigenvalue weighted by atomic mass is 31.2. The van der Waals surface area contributed by atoms with Gasteiger partial charge in [0.15, 0.2) is 0 Å². The molecule has 2 aromatic rings. The van der Waals surface area contributed by atoms with Crippen LogP contribution in [0.25, 0.3) is 11.0 Å². The highest BCUT2D eigenvalue weighted by molar-refractivity contribution is 7.53. The average molecular weight is 629 g/mol. The van der Waals surface area contributed by atoms with Crippen molar-refractivity contribution < 1.29 is 23.5 Å². The first-order valence-electron chi connectivity index (χ1n) is 16.6. The predicted octanol–water partition coefficient (Wildman–Crippen LogP) is 6.13. The Labute approximate surface area is 256 Å². The summed E-state index contributed by atoms with van der Waals surface area (Å²) in [7, 11) is -3.47. The molecule has 12 heteroatoms. The van der Waals surface area contributed by atoms with Crippen LogP contribution in [0, 0.1) is 0 Å². The van der Waals surface area contributed by atoms with Crippen molar-refractivity contribution in [3.63, 3.8) is 0 Å². The summed E-state index contributed by atoms with van der Waals surface area (Å²) in [6, 6.07) is 0. The summed E-state index contributed by atoms with van der Waals surface area (Å²) in [6.45, 7) is 6.11. The van der Waals surface area contributed by atoms with Crippen molar-refractivity contribution in [1.29, 1.82) is 0 Å². The number of hydrogen-bond acceptors (Lipinski definition) is 8. The zero-order valence-electron chi connectivity index (χ0n) is 26.6. The molecule has 0 saturated heterocycles. The van der Waals surface area contributed by atoms with Gasteiger partial charge < -0.3 is 34.2 Å². The number of rotatable bonds is 28. The fraction of sp³-hybridized carbons (Fsp3) is 0.806. The molecule has 2 atom stereocenters. The third-order valence-electron chi connectivity index (χ3n) is 7.47. The minimum absolute atomic E-state index is 0.128. The summed E-state index contributed by atoms with van der Waals surface area (Å²) >= 11 is 0. The summed E-state index contributed by atoms with van der Waals surface area (Å²) in [6.07, 6.45) is 19.7. The van der Waals surface area contributed by atoms with E-state index in [1.165, 1.54) is 83.5 Å². The molecule has 1 unspecified atom stereocenters. The number of aliphatic hydroxyl groups excluding tert-OH is 1. The Hall–Kier alpha value is -1.75. The molecular formula is C31H57N4O7P. The molecule has 0 fully saturated rings. The first-order chi connectivity index (χ1) is 20.9. The van der Waals surface area contributed by atoms with E-state index >= 15 is 0 Å². The second kappa shape index (κ2) is 22.7. The highest BCUT2D eigenvalue weighted by Gasteiger charge is 2.28. The topological polar surface area (TPSA) is 159 Å². The highest BCUT2D eigenvalue weighted by Crippen LogP contribution is 2.48. The number of unbranched alkanes of at least 4 members (excludes halogenated alkanes) is 13. The van der Waals surface area contributed by atoms with Crippen LogP contribution in [-0.4, -0.2) is 65.3 Å². The molecule has 248 valence electrons. The molecule has 0 amide bonds. The van der Waals surface area contributed by atoms with Crippen molar-refractivity contribution in [2.24, 2.45) is 0 Å². The normalized spacial score (nSPS) is 13.9. The fourth-order valence-corrected chi connectivity index (χ4v) is 6.87. The molecule has 0 bridgehead atoms. The van der Waals surface area contributed by atoms with Crippen LogP contribution in [0.15, 0.2) is 15.8 Å². The number of aromatic nitrogens is 3. The Morgan fingerprint density at radius 1 is 0.791 bits per heavy atom. The minimum atomic E-state index is -3.47. The molecule has 0 saturated carbocycles. The Morgan fingerprint density at radius 3 is 2.02 bits per heavy atom. The molecular weight excluding hydrogens is 571 g/mol. The third-order valence-corrected chi connectivity index (χ3v) is 9.57. The number of nitrogens with one attached hydrogen (secondary N) is 4. The molecule has 0 aromatic carbocycles. The number of H-pyrrole nitrogens is 3. The van der Waals surface area contributed by atoms with Gasteiger partial charge in [0.05, 0.1) is 31.0 Å². The summed E-state index contributed by atoms with van der Waals surface area (Å²) < 4.78 is 29.8. The van der Waals surface area contributed by atoms with Crippen LogP contribution >= 0.6 is 7.60 Å². The Balaban J connectivity index is 1.48. The van der Waals surface area contributed by atoms with Crippen LogP contribution in [0.4, 0.5) is 0 Å². The smallest absolute Gasteiger partial charge is 0.333 e. The maximum atomic E-state index is 13.1. The fourth-order valence-electron chi connectivity index (χ4n) is 5.14. The van der Waals surface area contributed by atoms with Gasteiger partial charge in [0.25, 0.3) is 5.56 Å². The lowest BCUT2D eigenvalue weighted by Gasteiger charge is -2.21. The summed E-state index contributed by atoms with van der Waals surface area (Å²) in [5.41, 5.74) is 0.262. The van der Waals surface area contributed by atoms with Crippen LogP contribution in [0.3, 0.4) is 0 Å². The van der Waals surface area contributed by atoms with Gasteiger partial charge in [0.2, 0.25) is 0 Å². The van der Waals surface area contributed by atoms with E-state index in [1.54, 1.807) is 13.1 Å². The first kappa shape index (κ1) is 37.4. The van der Waals surface area contributed by atoms with Gasteiger partial charge in [0.1, 0.15) is 5.52 Å². The zero-order valence-corrected chi connectivity index (χ0v) is 27.4. The van der Waals surface area contributed by atoms with Gasteiger partial charge in [-0.15, -0.1) is 0 Å². The summed E-state index contributed by atoms with van der Waals surface area (Å²) in [5.74, 6) is 0. The van der Waals surface area contributed by atoms with Gasteiger partial charge >= 0.3 is 13.3 Å².